The van der Waals surface area contributed by atoms with Gasteiger partial charge in [0, 0.05) is 24.8 Å². The second-order valence-electron chi connectivity index (χ2n) is 7.03. The summed E-state index contributed by atoms with van der Waals surface area (Å²) in [5, 5.41) is 2.72. The molecule has 6 nitrogen and oxygen atoms in total. The van der Waals surface area contributed by atoms with Gasteiger partial charge in [-0.2, -0.15) is 0 Å². The number of nitrogens with one attached hydrogen (secondary N) is 1. The van der Waals surface area contributed by atoms with Gasteiger partial charge in [0.15, 0.2) is 5.58 Å². The monoisotopic (exact) mass is 375 g/mol. The Kier molecular flexibility index (Phi) is 4.98. The number of oxazole rings is 1. The first kappa shape index (κ1) is 18.1. The van der Waals surface area contributed by atoms with Gasteiger partial charge in [0.05, 0.1) is 12.6 Å². The predicted molar refractivity (Wildman–Crippen MR) is 106 cm³/mol. The number of hydrogen-bond donors (Lipinski definition) is 1. The third kappa shape index (κ3) is 4.49. The lowest BCUT2D eigenvalue weighted by atomic mass is 10.2. The Morgan fingerprint density at radius 3 is 2.93 bits per heavy atom. The number of fused-ring (bicyclic) bond motifs is 1. The zero-order chi connectivity index (χ0) is 19.5. The van der Waals surface area contributed by atoms with E-state index < -0.39 is 0 Å². The van der Waals surface area contributed by atoms with Crippen molar-refractivity contribution in [2.75, 3.05) is 6.61 Å². The van der Waals surface area contributed by atoms with E-state index in [-0.39, 0.29) is 11.9 Å². The summed E-state index contributed by atoms with van der Waals surface area (Å²) in [6.45, 7) is 4.06. The van der Waals surface area contributed by atoms with Crippen LogP contribution in [-0.4, -0.2) is 28.5 Å². The van der Waals surface area contributed by atoms with Crippen LogP contribution in [0, 0.1) is 17.8 Å². The van der Waals surface area contributed by atoms with Crippen LogP contribution >= 0.6 is 0 Å². The molecule has 1 fully saturated rings. The number of ether oxygens (including phenoxy) is 1. The number of carbonyl (C=O) groups excluding carboxylic acids is 1. The Morgan fingerprint density at radius 2 is 2.21 bits per heavy atom. The average molecular weight is 375 g/mol. The molecule has 3 aromatic rings. The van der Waals surface area contributed by atoms with E-state index in [1.54, 1.807) is 6.20 Å². The van der Waals surface area contributed by atoms with Gasteiger partial charge >= 0.3 is 0 Å². The van der Waals surface area contributed by atoms with Crippen LogP contribution in [-0.2, 0) is 4.79 Å². The topological polar surface area (TPSA) is 77.2 Å². The molecule has 2 aromatic heterocycles. The van der Waals surface area contributed by atoms with Gasteiger partial charge in [-0.15, -0.1) is 0 Å². The van der Waals surface area contributed by atoms with Gasteiger partial charge in [-0.3, -0.25) is 4.79 Å². The first-order chi connectivity index (χ1) is 13.6. The van der Waals surface area contributed by atoms with E-state index in [2.05, 4.69) is 27.1 Å². The lowest BCUT2D eigenvalue weighted by Gasteiger charge is -2.03. The Morgan fingerprint density at radius 1 is 1.36 bits per heavy atom. The number of nitrogens with zero attached hydrogens (tertiary/aromatic N) is 2. The van der Waals surface area contributed by atoms with Crippen LogP contribution in [0.1, 0.15) is 32.3 Å². The third-order valence-corrected chi connectivity index (χ3v) is 4.38. The van der Waals surface area contributed by atoms with E-state index >= 15 is 0 Å². The molecule has 0 bridgehead atoms. The van der Waals surface area contributed by atoms with Gasteiger partial charge in [0.25, 0.3) is 0 Å². The number of benzene rings is 1. The lowest BCUT2D eigenvalue weighted by Crippen LogP contribution is -2.28. The van der Waals surface area contributed by atoms with Crippen molar-refractivity contribution in [2.24, 2.45) is 5.92 Å². The first-order valence-corrected chi connectivity index (χ1v) is 9.35. The molecule has 6 heteroatoms. The van der Waals surface area contributed by atoms with Crippen molar-refractivity contribution in [3.05, 3.63) is 42.1 Å². The summed E-state index contributed by atoms with van der Waals surface area (Å²) in [5.74, 6) is 7.82. The summed E-state index contributed by atoms with van der Waals surface area (Å²) in [5.41, 5.74) is 2.84. The molecule has 0 spiro atoms. The SMILES string of the molecule is CC(=O)N[C@@H](C)C#Cc1ccc(-c2nc3ccc(OCC4CC4)cc3o2)nc1. The highest BCUT2D eigenvalue weighted by atomic mass is 16.5. The van der Waals surface area contributed by atoms with E-state index in [0.717, 1.165) is 23.4 Å². The minimum absolute atomic E-state index is 0.104. The van der Waals surface area contributed by atoms with Crippen molar-refractivity contribution in [1.29, 1.82) is 0 Å². The minimum Gasteiger partial charge on any atom is -0.493 e. The van der Waals surface area contributed by atoms with Gasteiger partial charge in [0.1, 0.15) is 17.0 Å². The molecule has 0 saturated heterocycles. The fourth-order valence-electron chi connectivity index (χ4n) is 2.73. The molecule has 1 aliphatic rings. The molecule has 0 unspecified atom stereocenters. The van der Waals surface area contributed by atoms with Gasteiger partial charge in [-0.1, -0.05) is 11.8 Å². The van der Waals surface area contributed by atoms with Crippen LogP contribution in [0.3, 0.4) is 0 Å². The van der Waals surface area contributed by atoms with E-state index in [0.29, 0.717) is 23.1 Å². The second-order valence-corrected chi connectivity index (χ2v) is 7.03. The molecule has 1 aliphatic carbocycles. The van der Waals surface area contributed by atoms with Gasteiger partial charge < -0.3 is 14.5 Å². The van der Waals surface area contributed by atoms with Crippen LogP contribution in [0.25, 0.3) is 22.7 Å². The van der Waals surface area contributed by atoms with E-state index in [1.807, 2.05) is 37.3 Å². The Hall–Kier alpha value is -3.33. The Labute approximate surface area is 163 Å². The van der Waals surface area contributed by atoms with Crippen molar-refractivity contribution < 1.29 is 13.9 Å². The largest absolute Gasteiger partial charge is 0.493 e. The lowest BCUT2D eigenvalue weighted by molar-refractivity contribution is -0.119. The molecule has 0 aliphatic heterocycles. The zero-order valence-electron chi connectivity index (χ0n) is 15.9. The van der Waals surface area contributed by atoms with Crippen molar-refractivity contribution in [2.45, 2.75) is 32.7 Å². The second kappa shape index (κ2) is 7.73. The maximum absolute atomic E-state index is 11.0. The fourth-order valence-corrected chi connectivity index (χ4v) is 2.73. The molecule has 1 N–H and O–H groups in total. The number of pyridine rings is 1. The van der Waals surface area contributed by atoms with Gasteiger partial charge in [-0.05, 0) is 49.9 Å². The van der Waals surface area contributed by atoms with Crippen LogP contribution in [0.15, 0.2) is 40.9 Å². The highest BCUT2D eigenvalue weighted by Crippen LogP contribution is 2.31. The van der Waals surface area contributed by atoms with Crippen molar-refractivity contribution >= 4 is 17.0 Å². The summed E-state index contributed by atoms with van der Waals surface area (Å²) in [7, 11) is 0. The highest BCUT2D eigenvalue weighted by Gasteiger charge is 2.22. The quantitative estimate of drug-likeness (QED) is 0.690. The molecule has 142 valence electrons. The number of hydrogen-bond acceptors (Lipinski definition) is 5. The van der Waals surface area contributed by atoms with Crippen LogP contribution < -0.4 is 10.1 Å². The molecule has 4 rings (SSSR count). The molecule has 0 radical (unpaired) electrons. The van der Waals surface area contributed by atoms with Gasteiger partial charge in [-0.25, -0.2) is 9.97 Å². The van der Waals surface area contributed by atoms with E-state index in [1.165, 1.54) is 19.8 Å². The Bertz CT molecular complexity index is 1060. The molecule has 1 atom stereocenters. The average Bonchev–Trinajstić information content (AvgIpc) is 3.41. The number of amides is 1. The predicted octanol–water partition coefficient (Wildman–Crippen LogP) is 3.55. The number of aromatic nitrogens is 2. The molecule has 1 amide bonds. The zero-order valence-corrected chi connectivity index (χ0v) is 15.9. The normalized spacial score (nSPS) is 14.2. The molecular formula is C22H21N3O3. The van der Waals surface area contributed by atoms with E-state index in [9.17, 15) is 4.79 Å². The van der Waals surface area contributed by atoms with Crippen molar-refractivity contribution in [3.8, 4) is 29.2 Å². The van der Waals surface area contributed by atoms with Crippen LogP contribution in [0.2, 0.25) is 0 Å². The number of rotatable bonds is 5. The molecule has 1 aromatic carbocycles. The maximum atomic E-state index is 11.0. The summed E-state index contributed by atoms with van der Waals surface area (Å²) >= 11 is 0. The smallest absolute Gasteiger partial charge is 0.246 e. The van der Waals surface area contributed by atoms with Crippen molar-refractivity contribution in [3.63, 3.8) is 0 Å². The molecular weight excluding hydrogens is 354 g/mol. The summed E-state index contributed by atoms with van der Waals surface area (Å²) in [6, 6.07) is 9.15. The minimum atomic E-state index is -0.217. The Balaban J connectivity index is 1.48. The molecule has 2 heterocycles. The van der Waals surface area contributed by atoms with Gasteiger partial charge in [0.2, 0.25) is 11.8 Å². The number of carbonyl (C=O) groups is 1. The van der Waals surface area contributed by atoms with Crippen molar-refractivity contribution in [1.82, 2.24) is 15.3 Å². The highest BCUT2D eigenvalue weighted by molar-refractivity contribution is 5.77. The van der Waals surface area contributed by atoms with Crippen LogP contribution in [0.5, 0.6) is 5.75 Å². The summed E-state index contributed by atoms with van der Waals surface area (Å²) in [6.07, 6.45) is 4.18. The summed E-state index contributed by atoms with van der Waals surface area (Å²) in [4.78, 5) is 19.9. The molecule has 1 saturated carbocycles. The third-order valence-electron chi connectivity index (χ3n) is 4.38. The summed E-state index contributed by atoms with van der Waals surface area (Å²) < 4.78 is 11.7. The maximum Gasteiger partial charge on any atom is 0.246 e. The standard InChI is InChI=1S/C22H21N3O3/c1-14(24-15(2)26)3-4-16-7-9-20(23-12-16)22-25-19-10-8-18(11-21(19)28-22)27-13-17-5-6-17/h7-12,14,17H,5-6,13H2,1-2H3,(H,24,26)/t14-/m0/s1. The molecule has 28 heavy (non-hydrogen) atoms. The first-order valence-electron chi connectivity index (χ1n) is 9.35. The fraction of sp³-hybridized carbons (Fsp3) is 0.318. The van der Waals surface area contributed by atoms with Crippen LogP contribution in [0.4, 0.5) is 0 Å². The van der Waals surface area contributed by atoms with E-state index in [4.69, 9.17) is 9.15 Å².